The molecule has 130 valence electrons. The number of rotatable bonds is 11. The third-order valence-electron chi connectivity index (χ3n) is 3.01. The van der Waals surface area contributed by atoms with Gasteiger partial charge in [0.25, 0.3) is 0 Å². The monoisotopic (exact) mass is 316 g/mol. The Labute approximate surface area is 134 Å². The van der Waals surface area contributed by atoms with Crippen LogP contribution in [-0.2, 0) is 14.3 Å². The number of guanidine groups is 1. The van der Waals surface area contributed by atoms with Crippen LogP contribution < -0.4 is 16.0 Å². The number of hydrogen-bond donors (Lipinski definition) is 3. The predicted molar refractivity (Wildman–Crippen MR) is 89.1 cm³/mol. The van der Waals surface area contributed by atoms with Crippen LogP contribution in [0.1, 0.15) is 27.2 Å². The number of amides is 1. The molecule has 0 aromatic heterocycles. The summed E-state index contributed by atoms with van der Waals surface area (Å²) in [5.41, 5.74) is -0.527. The quantitative estimate of drug-likeness (QED) is 0.291. The molecule has 0 aliphatic heterocycles. The third-order valence-corrected chi connectivity index (χ3v) is 3.01. The van der Waals surface area contributed by atoms with Crippen LogP contribution in [0.5, 0.6) is 0 Å². The minimum atomic E-state index is -0.527. The second-order valence-corrected chi connectivity index (χ2v) is 5.54. The lowest BCUT2D eigenvalue weighted by Gasteiger charge is -2.21. The van der Waals surface area contributed by atoms with E-state index in [4.69, 9.17) is 9.47 Å². The van der Waals surface area contributed by atoms with Crippen molar-refractivity contribution in [2.24, 2.45) is 10.4 Å². The number of methoxy groups -OCH3 is 1. The maximum Gasteiger partial charge on any atom is 0.227 e. The molecular formula is C15H32N4O3. The highest BCUT2D eigenvalue weighted by Crippen LogP contribution is 2.15. The topological polar surface area (TPSA) is 84.0 Å². The molecule has 7 heteroatoms. The van der Waals surface area contributed by atoms with E-state index >= 15 is 0 Å². The van der Waals surface area contributed by atoms with Crippen molar-refractivity contribution in [3.63, 3.8) is 0 Å². The minimum absolute atomic E-state index is 0.0151. The molecule has 3 N–H and O–H groups in total. The summed E-state index contributed by atoms with van der Waals surface area (Å²) >= 11 is 0. The van der Waals surface area contributed by atoms with Crippen LogP contribution >= 0.6 is 0 Å². The molecule has 0 fully saturated rings. The molecule has 22 heavy (non-hydrogen) atoms. The summed E-state index contributed by atoms with van der Waals surface area (Å²) in [6.45, 7) is 9.64. The van der Waals surface area contributed by atoms with Gasteiger partial charge in [-0.2, -0.15) is 0 Å². The largest absolute Gasteiger partial charge is 0.382 e. The van der Waals surface area contributed by atoms with Crippen molar-refractivity contribution < 1.29 is 14.3 Å². The number of carbonyl (C=O) groups is 1. The van der Waals surface area contributed by atoms with Crippen molar-refractivity contribution in [2.45, 2.75) is 27.2 Å². The lowest BCUT2D eigenvalue weighted by Crippen LogP contribution is -2.41. The molecule has 0 saturated heterocycles. The molecule has 0 rings (SSSR count). The van der Waals surface area contributed by atoms with Gasteiger partial charge in [-0.05, 0) is 27.2 Å². The van der Waals surface area contributed by atoms with Gasteiger partial charge in [0.15, 0.2) is 5.96 Å². The zero-order valence-electron chi connectivity index (χ0n) is 14.6. The van der Waals surface area contributed by atoms with Crippen LogP contribution in [-0.4, -0.2) is 65.5 Å². The highest BCUT2D eigenvalue weighted by molar-refractivity contribution is 5.83. The molecule has 0 aromatic carbocycles. The Morgan fingerprint density at radius 2 is 1.91 bits per heavy atom. The Morgan fingerprint density at radius 3 is 2.50 bits per heavy atom. The van der Waals surface area contributed by atoms with Gasteiger partial charge in [0.05, 0.1) is 25.2 Å². The first-order valence-electron chi connectivity index (χ1n) is 7.79. The van der Waals surface area contributed by atoms with Crippen LogP contribution in [0.15, 0.2) is 4.99 Å². The van der Waals surface area contributed by atoms with Crippen molar-refractivity contribution in [1.82, 2.24) is 16.0 Å². The summed E-state index contributed by atoms with van der Waals surface area (Å²) in [5.74, 6) is 0.704. The molecule has 0 radical (unpaired) electrons. The van der Waals surface area contributed by atoms with Gasteiger partial charge in [-0.3, -0.25) is 9.79 Å². The molecule has 0 aromatic rings. The summed E-state index contributed by atoms with van der Waals surface area (Å²) < 4.78 is 10.3. The highest BCUT2D eigenvalue weighted by Gasteiger charge is 2.26. The van der Waals surface area contributed by atoms with Gasteiger partial charge < -0.3 is 25.4 Å². The van der Waals surface area contributed by atoms with Gasteiger partial charge in [0.1, 0.15) is 0 Å². The first-order chi connectivity index (χ1) is 10.5. The lowest BCUT2D eigenvalue weighted by atomic mass is 9.93. The minimum Gasteiger partial charge on any atom is -0.382 e. The SMILES string of the molecule is CCNC(=NCC(C)(C)C(=O)NC)NCCCOCCOC. The Morgan fingerprint density at radius 1 is 1.18 bits per heavy atom. The number of hydrogen-bond acceptors (Lipinski definition) is 4. The molecule has 0 aliphatic carbocycles. The predicted octanol–water partition coefficient (Wildman–Crippen LogP) is 0.367. The number of aliphatic imine (C=N–C) groups is 1. The van der Waals surface area contributed by atoms with E-state index in [0.29, 0.717) is 26.4 Å². The summed E-state index contributed by atoms with van der Waals surface area (Å²) in [7, 11) is 3.30. The molecule has 0 unspecified atom stereocenters. The van der Waals surface area contributed by atoms with E-state index in [0.717, 1.165) is 25.5 Å². The summed E-state index contributed by atoms with van der Waals surface area (Å²) in [5, 5.41) is 9.07. The van der Waals surface area contributed by atoms with E-state index in [2.05, 4.69) is 20.9 Å². The van der Waals surface area contributed by atoms with Crippen molar-refractivity contribution in [3.8, 4) is 0 Å². The molecule has 1 amide bonds. The van der Waals surface area contributed by atoms with Crippen LogP contribution in [0.2, 0.25) is 0 Å². The first-order valence-corrected chi connectivity index (χ1v) is 7.79. The van der Waals surface area contributed by atoms with Crippen LogP contribution in [0.25, 0.3) is 0 Å². The fourth-order valence-corrected chi connectivity index (χ4v) is 1.65. The van der Waals surface area contributed by atoms with Crippen molar-refractivity contribution in [3.05, 3.63) is 0 Å². The van der Waals surface area contributed by atoms with E-state index in [1.807, 2.05) is 20.8 Å². The van der Waals surface area contributed by atoms with Gasteiger partial charge in [-0.25, -0.2) is 0 Å². The van der Waals surface area contributed by atoms with E-state index in [-0.39, 0.29) is 5.91 Å². The van der Waals surface area contributed by atoms with Gasteiger partial charge in [-0.1, -0.05) is 0 Å². The summed E-state index contributed by atoms with van der Waals surface area (Å²) in [6.07, 6.45) is 0.882. The molecular weight excluding hydrogens is 284 g/mol. The van der Waals surface area contributed by atoms with E-state index in [9.17, 15) is 4.79 Å². The van der Waals surface area contributed by atoms with E-state index < -0.39 is 5.41 Å². The number of nitrogens with zero attached hydrogens (tertiary/aromatic N) is 1. The fourth-order valence-electron chi connectivity index (χ4n) is 1.65. The van der Waals surface area contributed by atoms with Crippen LogP contribution in [0.3, 0.4) is 0 Å². The zero-order chi connectivity index (χ0) is 16.8. The highest BCUT2D eigenvalue weighted by atomic mass is 16.5. The Hall–Kier alpha value is -1.34. The molecule has 7 nitrogen and oxygen atoms in total. The number of ether oxygens (including phenoxy) is 2. The molecule has 0 aliphatic rings. The van der Waals surface area contributed by atoms with Crippen LogP contribution in [0.4, 0.5) is 0 Å². The standard InChI is InChI=1S/C15H32N4O3/c1-6-17-14(18-8-7-9-22-11-10-21-5)19-12-15(2,3)13(20)16-4/h6-12H2,1-5H3,(H,16,20)(H2,17,18,19). The maximum atomic E-state index is 11.7. The third kappa shape index (κ3) is 9.57. The maximum absolute atomic E-state index is 11.7. The second-order valence-electron chi connectivity index (χ2n) is 5.54. The Balaban J connectivity index is 4.13. The molecule has 0 atom stereocenters. The first kappa shape index (κ1) is 20.7. The molecule has 0 heterocycles. The second kappa shape index (κ2) is 12.2. The average molecular weight is 316 g/mol. The Kier molecular flexibility index (Phi) is 11.5. The van der Waals surface area contributed by atoms with Crippen molar-refractivity contribution >= 4 is 11.9 Å². The zero-order valence-corrected chi connectivity index (χ0v) is 14.6. The summed E-state index contributed by atoms with van der Waals surface area (Å²) in [6, 6.07) is 0. The van der Waals surface area contributed by atoms with Crippen LogP contribution in [0, 0.1) is 5.41 Å². The Bertz CT molecular complexity index is 333. The number of nitrogens with one attached hydrogen (secondary N) is 3. The van der Waals surface area contributed by atoms with Gasteiger partial charge in [0, 0.05) is 33.9 Å². The molecule has 0 bridgehead atoms. The average Bonchev–Trinajstić information content (AvgIpc) is 2.50. The smallest absolute Gasteiger partial charge is 0.227 e. The molecule has 0 saturated carbocycles. The van der Waals surface area contributed by atoms with E-state index in [1.165, 1.54) is 0 Å². The normalized spacial score (nSPS) is 12.1. The van der Waals surface area contributed by atoms with Gasteiger partial charge in [-0.15, -0.1) is 0 Å². The van der Waals surface area contributed by atoms with Crippen molar-refractivity contribution in [1.29, 1.82) is 0 Å². The fraction of sp³-hybridized carbons (Fsp3) is 0.867. The van der Waals surface area contributed by atoms with Gasteiger partial charge in [0.2, 0.25) is 5.91 Å². The lowest BCUT2D eigenvalue weighted by molar-refractivity contribution is -0.128. The van der Waals surface area contributed by atoms with Gasteiger partial charge >= 0.3 is 0 Å². The van der Waals surface area contributed by atoms with E-state index in [1.54, 1.807) is 14.2 Å². The molecule has 0 spiro atoms. The summed E-state index contributed by atoms with van der Waals surface area (Å²) in [4.78, 5) is 16.2. The van der Waals surface area contributed by atoms with Crippen molar-refractivity contribution in [2.75, 3.05) is 53.6 Å². The number of carbonyl (C=O) groups excluding carboxylic acids is 1.